The first kappa shape index (κ1) is 12.1. The molecule has 6 heteroatoms. The predicted molar refractivity (Wildman–Crippen MR) is 61.5 cm³/mol. The molecule has 1 aliphatic rings. The van der Waals surface area contributed by atoms with Crippen LogP contribution in [0.2, 0.25) is 0 Å². The number of amides is 1. The Bertz CT molecular complexity index is 537. The number of hydrogen-bond acceptors (Lipinski definition) is 5. The number of ketones is 1. The van der Waals surface area contributed by atoms with Crippen molar-refractivity contribution in [2.24, 2.45) is 0 Å². The summed E-state index contributed by atoms with van der Waals surface area (Å²) in [5.41, 5.74) is 0.506. The minimum atomic E-state index is -0.952. The third-order valence-corrected chi connectivity index (χ3v) is 2.54. The topological polar surface area (TPSA) is 81.7 Å². The molecule has 0 spiro atoms. The summed E-state index contributed by atoms with van der Waals surface area (Å²) in [5, 5.41) is 2.59. The summed E-state index contributed by atoms with van der Waals surface area (Å²) in [6, 6.07) is 4.36. The van der Waals surface area contributed by atoms with Crippen LogP contribution < -0.4 is 10.1 Å². The maximum absolute atomic E-state index is 11.6. The van der Waals surface area contributed by atoms with Crippen LogP contribution in [0, 0.1) is 0 Å². The normalized spacial score (nSPS) is 17.2. The van der Waals surface area contributed by atoms with Crippen LogP contribution in [0.15, 0.2) is 18.2 Å². The zero-order valence-electron chi connectivity index (χ0n) is 9.85. The molecule has 94 valence electrons. The molecule has 0 bridgehead atoms. The number of carbonyl (C=O) groups is 3. The van der Waals surface area contributed by atoms with E-state index in [1.807, 2.05) is 0 Å². The highest BCUT2D eigenvalue weighted by molar-refractivity contribution is 6.40. The Labute approximate surface area is 103 Å². The van der Waals surface area contributed by atoms with Crippen molar-refractivity contribution in [2.75, 3.05) is 12.4 Å². The summed E-state index contributed by atoms with van der Waals surface area (Å²) in [5.74, 6) is -1.56. The molecule has 6 nitrogen and oxygen atoms in total. The number of anilines is 1. The zero-order valence-corrected chi connectivity index (χ0v) is 9.85. The number of ether oxygens (including phenoxy) is 2. The Hall–Kier alpha value is -2.37. The van der Waals surface area contributed by atoms with Gasteiger partial charge in [-0.1, -0.05) is 0 Å². The fraction of sp³-hybridized carbons (Fsp3) is 0.250. The predicted octanol–water partition coefficient (Wildman–Crippen LogP) is 0.762. The van der Waals surface area contributed by atoms with Crippen molar-refractivity contribution in [3.8, 4) is 5.75 Å². The second-order valence-corrected chi connectivity index (χ2v) is 3.78. The summed E-state index contributed by atoms with van der Waals surface area (Å²) < 4.78 is 9.67. The average molecular weight is 249 g/mol. The maximum atomic E-state index is 11.6. The monoisotopic (exact) mass is 249 g/mol. The summed E-state index contributed by atoms with van der Waals surface area (Å²) in [7, 11) is 1.13. The number of benzene rings is 1. The van der Waals surface area contributed by atoms with Crippen LogP contribution in [0.4, 0.5) is 5.69 Å². The Morgan fingerprint density at radius 2 is 2.11 bits per heavy atom. The molecule has 18 heavy (non-hydrogen) atoms. The van der Waals surface area contributed by atoms with Crippen LogP contribution in [0.5, 0.6) is 5.75 Å². The van der Waals surface area contributed by atoms with Gasteiger partial charge in [0.25, 0.3) is 11.7 Å². The van der Waals surface area contributed by atoms with E-state index in [0.717, 1.165) is 7.11 Å². The summed E-state index contributed by atoms with van der Waals surface area (Å²) in [6.45, 7) is 1.62. The highest BCUT2D eigenvalue weighted by Crippen LogP contribution is 2.30. The minimum Gasteiger partial charge on any atom is -0.479 e. The van der Waals surface area contributed by atoms with Crippen LogP contribution in [0.1, 0.15) is 17.3 Å². The molecule has 0 aliphatic carbocycles. The van der Waals surface area contributed by atoms with Gasteiger partial charge < -0.3 is 14.8 Å². The van der Waals surface area contributed by atoms with E-state index in [0.29, 0.717) is 11.4 Å². The first-order valence-corrected chi connectivity index (χ1v) is 5.27. The molecule has 1 unspecified atom stereocenters. The fourth-order valence-electron chi connectivity index (χ4n) is 1.56. The smallest absolute Gasteiger partial charge is 0.379 e. The van der Waals surface area contributed by atoms with Gasteiger partial charge in [0.1, 0.15) is 5.75 Å². The number of methoxy groups -OCH3 is 1. The molecule has 1 heterocycles. The van der Waals surface area contributed by atoms with E-state index >= 15 is 0 Å². The molecule has 0 saturated carbocycles. The maximum Gasteiger partial charge on any atom is 0.379 e. The van der Waals surface area contributed by atoms with Gasteiger partial charge in [0.05, 0.1) is 12.8 Å². The molecule has 1 aromatic carbocycles. The largest absolute Gasteiger partial charge is 0.479 e. The van der Waals surface area contributed by atoms with Crippen molar-refractivity contribution >= 4 is 23.3 Å². The SMILES string of the molecule is COC(=O)C(=O)c1ccc2c(c1)NC(=O)C(C)O2. The standard InChI is InChI=1S/C12H11NO5/c1-6-11(15)13-8-5-7(3-4-9(8)18-6)10(14)12(16)17-2/h3-6H,1-2H3,(H,13,15). The lowest BCUT2D eigenvalue weighted by atomic mass is 10.1. The van der Waals surface area contributed by atoms with Crippen LogP contribution in [0.3, 0.4) is 0 Å². The highest BCUT2D eigenvalue weighted by Gasteiger charge is 2.25. The Balaban J connectivity index is 2.33. The van der Waals surface area contributed by atoms with Crippen molar-refractivity contribution in [3.63, 3.8) is 0 Å². The zero-order chi connectivity index (χ0) is 13.3. The van der Waals surface area contributed by atoms with Gasteiger partial charge in [0.15, 0.2) is 6.10 Å². The number of rotatable bonds is 2. The second kappa shape index (κ2) is 4.48. The Morgan fingerprint density at radius 3 is 2.78 bits per heavy atom. The third kappa shape index (κ3) is 2.04. The van der Waals surface area contributed by atoms with Crippen molar-refractivity contribution in [3.05, 3.63) is 23.8 Å². The quantitative estimate of drug-likeness (QED) is 0.475. The van der Waals surface area contributed by atoms with Crippen molar-refractivity contribution < 1.29 is 23.9 Å². The molecule has 1 atom stereocenters. The number of fused-ring (bicyclic) bond motifs is 1. The van der Waals surface area contributed by atoms with Crippen molar-refractivity contribution in [1.29, 1.82) is 0 Å². The molecular formula is C12H11NO5. The highest BCUT2D eigenvalue weighted by atomic mass is 16.5. The first-order chi connectivity index (χ1) is 8.52. The van der Waals surface area contributed by atoms with E-state index in [9.17, 15) is 14.4 Å². The molecule has 1 N–H and O–H groups in total. The Kier molecular flexibility index (Phi) is 3.01. The minimum absolute atomic E-state index is 0.138. The molecule has 1 aromatic rings. The lowest BCUT2D eigenvalue weighted by molar-refractivity contribution is -0.135. The van der Waals surface area contributed by atoms with E-state index in [-0.39, 0.29) is 11.5 Å². The van der Waals surface area contributed by atoms with Gasteiger partial charge >= 0.3 is 5.97 Å². The fourth-order valence-corrected chi connectivity index (χ4v) is 1.56. The van der Waals surface area contributed by atoms with E-state index in [2.05, 4.69) is 10.1 Å². The first-order valence-electron chi connectivity index (χ1n) is 5.27. The van der Waals surface area contributed by atoms with Crippen LogP contribution in [0.25, 0.3) is 0 Å². The van der Waals surface area contributed by atoms with Crippen molar-refractivity contribution in [2.45, 2.75) is 13.0 Å². The number of carbonyl (C=O) groups excluding carboxylic acids is 3. The van der Waals surface area contributed by atoms with Crippen LogP contribution >= 0.6 is 0 Å². The third-order valence-electron chi connectivity index (χ3n) is 2.54. The molecule has 1 amide bonds. The van der Waals surface area contributed by atoms with Gasteiger partial charge in [-0.25, -0.2) is 4.79 Å². The molecular weight excluding hydrogens is 238 g/mol. The number of Topliss-reactive ketones (excluding diaryl/α,β-unsaturated/α-hetero) is 1. The van der Waals surface area contributed by atoms with Gasteiger partial charge in [-0.15, -0.1) is 0 Å². The van der Waals surface area contributed by atoms with E-state index in [1.165, 1.54) is 18.2 Å². The number of nitrogens with one attached hydrogen (secondary N) is 1. The van der Waals surface area contributed by atoms with Gasteiger partial charge in [-0.05, 0) is 25.1 Å². The molecule has 1 aliphatic heterocycles. The van der Waals surface area contributed by atoms with Crippen LogP contribution in [-0.4, -0.2) is 30.9 Å². The molecule has 0 aromatic heterocycles. The second-order valence-electron chi connectivity index (χ2n) is 3.78. The van der Waals surface area contributed by atoms with E-state index < -0.39 is 17.9 Å². The van der Waals surface area contributed by atoms with E-state index in [4.69, 9.17) is 4.74 Å². The number of esters is 1. The number of hydrogen-bond donors (Lipinski definition) is 1. The summed E-state index contributed by atoms with van der Waals surface area (Å²) >= 11 is 0. The lowest BCUT2D eigenvalue weighted by Gasteiger charge is -2.23. The van der Waals surface area contributed by atoms with E-state index in [1.54, 1.807) is 6.92 Å². The van der Waals surface area contributed by atoms with Crippen molar-refractivity contribution in [1.82, 2.24) is 0 Å². The summed E-state index contributed by atoms with van der Waals surface area (Å²) in [6.07, 6.45) is -0.584. The average Bonchev–Trinajstić information content (AvgIpc) is 2.37. The van der Waals surface area contributed by atoms with Gasteiger partial charge in [0.2, 0.25) is 0 Å². The van der Waals surface area contributed by atoms with Gasteiger partial charge in [-0.3, -0.25) is 9.59 Å². The molecule has 2 rings (SSSR count). The van der Waals surface area contributed by atoms with Gasteiger partial charge in [-0.2, -0.15) is 0 Å². The molecule has 0 radical (unpaired) electrons. The molecule has 0 saturated heterocycles. The summed E-state index contributed by atoms with van der Waals surface area (Å²) in [4.78, 5) is 34.1. The lowest BCUT2D eigenvalue weighted by Crippen LogP contribution is -2.34. The van der Waals surface area contributed by atoms with Gasteiger partial charge in [0, 0.05) is 5.56 Å². The Morgan fingerprint density at radius 1 is 1.39 bits per heavy atom. The van der Waals surface area contributed by atoms with Crippen LogP contribution in [-0.2, 0) is 14.3 Å². The molecule has 0 fully saturated rings.